The van der Waals surface area contributed by atoms with Gasteiger partial charge in [0, 0.05) is 33.4 Å². The van der Waals surface area contributed by atoms with Crippen molar-refractivity contribution in [1.29, 1.82) is 0 Å². The molecule has 1 fully saturated rings. The Morgan fingerprint density at radius 1 is 1.52 bits per heavy atom. The molecule has 23 heavy (non-hydrogen) atoms. The second kappa shape index (κ2) is 9.47. The number of ether oxygens (including phenoxy) is 2. The highest BCUT2D eigenvalue weighted by atomic mass is 19.1. The molecule has 128 valence electrons. The van der Waals surface area contributed by atoms with Crippen LogP contribution in [0.4, 0.5) is 9.18 Å². The molecule has 0 radical (unpaired) electrons. The van der Waals surface area contributed by atoms with Crippen LogP contribution >= 0.6 is 0 Å². The quantitative estimate of drug-likeness (QED) is 0.748. The molecule has 1 saturated heterocycles. The average molecular weight is 324 g/mol. The highest BCUT2D eigenvalue weighted by molar-refractivity contribution is 5.73. The minimum absolute atomic E-state index is 0.173. The Hall–Kier alpha value is -1.66. The number of hydrogen-bond donors (Lipinski definition) is 1. The zero-order valence-corrected chi connectivity index (χ0v) is 13.6. The SMILES string of the molecule is CN(Cc1cccc(F)c1)C(=O)NCCCOCC1CCCO1. The summed E-state index contributed by atoms with van der Waals surface area (Å²) < 4.78 is 24.1. The average Bonchev–Trinajstić information content (AvgIpc) is 3.03. The van der Waals surface area contributed by atoms with E-state index in [-0.39, 0.29) is 18.0 Å². The third-order valence-corrected chi connectivity index (χ3v) is 3.72. The molecule has 5 nitrogen and oxygen atoms in total. The minimum Gasteiger partial charge on any atom is -0.379 e. The first-order valence-electron chi connectivity index (χ1n) is 8.08. The molecule has 1 N–H and O–H groups in total. The van der Waals surface area contributed by atoms with Crippen LogP contribution in [0, 0.1) is 5.82 Å². The van der Waals surface area contributed by atoms with Crippen LogP contribution in [0.1, 0.15) is 24.8 Å². The van der Waals surface area contributed by atoms with E-state index in [1.54, 1.807) is 19.2 Å². The zero-order chi connectivity index (χ0) is 16.5. The van der Waals surface area contributed by atoms with Gasteiger partial charge in [-0.3, -0.25) is 0 Å². The van der Waals surface area contributed by atoms with Gasteiger partial charge in [0.15, 0.2) is 0 Å². The van der Waals surface area contributed by atoms with Crippen LogP contribution in [0.3, 0.4) is 0 Å². The van der Waals surface area contributed by atoms with E-state index in [2.05, 4.69) is 5.32 Å². The van der Waals surface area contributed by atoms with Crippen molar-refractivity contribution in [1.82, 2.24) is 10.2 Å². The van der Waals surface area contributed by atoms with Gasteiger partial charge in [-0.1, -0.05) is 12.1 Å². The lowest BCUT2D eigenvalue weighted by molar-refractivity contribution is 0.0167. The number of carbonyl (C=O) groups excluding carboxylic acids is 1. The first kappa shape index (κ1) is 17.7. The molecule has 6 heteroatoms. The lowest BCUT2D eigenvalue weighted by Gasteiger charge is -2.18. The van der Waals surface area contributed by atoms with E-state index in [1.165, 1.54) is 17.0 Å². The number of rotatable bonds is 8. The first-order valence-corrected chi connectivity index (χ1v) is 8.08. The second-order valence-corrected chi connectivity index (χ2v) is 5.78. The molecule has 0 aromatic heterocycles. The van der Waals surface area contributed by atoms with Gasteiger partial charge in [-0.2, -0.15) is 0 Å². The van der Waals surface area contributed by atoms with Crippen molar-refractivity contribution in [2.24, 2.45) is 0 Å². The summed E-state index contributed by atoms with van der Waals surface area (Å²) >= 11 is 0. The van der Waals surface area contributed by atoms with E-state index in [0.29, 0.717) is 26.3 Å². The molecular weight excluding hydrogens is 299 g/mol. The molecular formula is C17H25FN2O3. The van der Waals surface area contributed by atoms with E-state index in [0.717, 1.165) is 31.4 Å². The number of amides is 2. The molecule has 2 amide bonds. The Balaban J connectivity index is 1.55. The molecule has 1 aromatic rings. The van der Waals surface area contributed by atoms with E-state index in [1.807, 2.05) is 0 Å². The maximum Gasteiger partial charge on any atom is 0.317 e. The first-order chi connectivity index (χ1) is 11.1. The van der Waals surface area contributed by atoms with Gasteiger partial charge in [-0.25, -0.2) is 9.18 Å². The largest absolute Gasteiger partial charge is 0.379 e. The second-order valence-electron chi connectivity index (χ2n) is 5.78. The lowest BCUT2D eigenvalue weighted by Crippen LogP contribution is -2.37. The number of halogens is 1. The van der Waals surface area contributed by atoms with Crippen molar-refractivity contribution in [2.45, 2.75) is 31.9 Å². The maximum atomic E-state index is 13.1. The molecule has 0 bridgehead atoms. The summed E-state index contributed by atoms with van der Waals surface area (Å²) in [4.78, 5) is 13.5. The van der Waals surface area contributed by atoms with E-state index >= 15 is 0 Å². The predicted octanol–water partition coefficient (Wildman–Crippen LogP) is 2.55. The van der Waals surface area contributed by atoms with Crippen LogP contribution in [-0.4, -0.2) is 50.4 Å². The number of nitrogens with one attached hydrogen (secondary N) is 1. The molecule has 1 aliphatic heterocycles. The Labute approximate surface area is 136 Å². The molecule has 2 rings (SSSR count). The van der Waals surface area contributed by atoms with Gasteiger partial charge in [-0.05, 0) is 37.0 Å². The molecule has 0 saturated carbocycles. The topological polar surface area (TPSA) is 50.8 Å². The number of urea groups is 1. The standard InChI is InChI=1S/C17H25FN2O3/c1-20(12-14-5-2-6-15(18)11-14)17(21)19-8-4-9-22-13-16-7-3-10-23-16/h2,5-6,11,16H,3-4,7-10,12-13H2,1H3,(H,19,21). The van der Waals surface area contributed by atoms with Crippen LogP contribution in [0.2, 0.25) is 0 Å². The third kappa shape index (κ3) is 6.54. The van der Waals surface area contributed by atoms with Crippen LogP contribution in [0.15, 0.2) is 24.3 Å². The predicted molar refractivity (Wildman–Crippen MR) is 85.7 cm³/mol. The fourth-order valence-corrected chi connectivity index (χ4v) is 2.48. The molecule has 1 unspecified atom stereocenters. The van der Waals surface area contributed by atoms with Crippen molar-refractivity contribution in [3.8, 4) is 0 Å². The summed E-state index contributed by atoms with van der Waals surface area (Å²) in [6, 6.07) is 6.09. The summed E-state index contributed by atoms with van der Waals surface area (Å²) in [6.07, 6.45) is 3.18. The highest BCUT2D eigenvalue weighted by Gasteiger charge is 2.15. The van der Waals surface area contributed by atoms with E-state index in [4.69, 9.17) is 9.47 Å². The number of carbonyl (C=O) groups is 1. The van der Waals surface area contributed by atoms with Crippen molar-refractivity contribution in [2.75, 3.05) is 33.4 Å². The number of nitrogens with zero attached hydrogens (tertiary/aromatic N) is 1. The zero-order valence-electron chi connectivity index (χ0n) is 13.6. The highest BCUT2D eigenvalue weighted by Crippen LogP contribution is 2.11. The van der Waals surface area contributed by atoms with Crippen molar-refractivity contribution in [3.63, 3.8) is 0 Å². The fourth-order valence-electron chi connectivity index (χ4n) is 2.48. The smallest absolute Gasteiger partial charge is 0.317 e. The molecule has 1 heterocycles. The van der Waals surface area contributed by atoms with Crippen molar-refractivity contribution in [3.05, 3.63) is 35.6 Å². The molecule has 0 spiro atoms. The normalized spacial score (nSPS) is 17.2. The number of benzene rings is 1. The maximum absolute atomic E-state index is 13.1. The summed E-state index contributed by atoms with van der Waals surface area (Å²) in [7, 11) is 1.69. The monoisotopic (exact) mass is 324 g/mol. The third-order valence-electron chi connectivity index (χ3n) is 3.72. The molecule has 1 aromatic carbocycles. The minimum atomic E-state index is -0.292. The summed E-state index contributed by atoms with van der Waals surface area (Å²) in [6.45, 7) is 3.00. The molecule has 1 atom stereocenters. The van der Waals surface area contributed by atoms with Gasteiger partial charge in [0.25, 0.3) is 0 Å². The molecule has 1 aliphatic rings. The van der Waals surface area contributed by atoms with E-state index < -0.39 is 0 Å². The van der Waals surface area contributed by atoms with Crippen LogP contribution in [0.5, 0.6) is 0 Å². The van der Waals surface area contributed by atoms with Crippen LogP contribution in [0.25, 0.3) is 0 Å². The van der Waals surface area contributed by atoms with Crippen LogP contribution in [-0.2, 0) is 16.0 Å². The van der Waals surface area contributed by atoms with Gasteiger partial charge in [0.05, 0.1) is 12.7 Å². The summed E-state index contributed by atoms with van der Waals surface area (Å²) in [5.74, 6) is -0.292. The van der Waals surface area contributed by atoms with Crippen LogP contribution < -0.4 is 5.32 Å². The Kier molecular flexibility index (Phi) is 7.29. The Morgan fingerprint density at radius 2 is 2.39 bits per heavy atom. The Morgan fingerprint density at radius 3 is 3.13 bits per heavy atom. The van der Waals surface area contributed by atoms with Gasteiger partial charge >= 0.3 is 6.03 Å². The van der Waals surface area contributed by atoms with Gasteiger partial charge < -0.3 is 19.7 Å². The van der Waals surface area contributed by atoms with Gasteiger partial charge in [0.1, 0.15) is 5.82 Å². The molecule has 0 aliphatic carbocycles. The van der Waals surface area contributed by atoms with E-state index in [9.17, 15) is 9.18 Å². The van der Waals surface area contributed by atoms with Gasteiger partial charge in [0.2, 0.25) is 0 Å². The summed E-state index contributed by atoms with van der Waals surface area (Å²) in [5.41, 5.74) is 0.766. The lowest BCUT2D eigenvalue weighted by atomic mass is 10.2. The summed E-state index contributed by atoms with van der Waals surface area (Å²) in [5, 5.41) is 2.83. The fraction of sp³-hybridized carbons (Fsp3) is 0.588. The number of hydrogen-bond acceptors (Lipinski definition) is 3. The Bertz CT molecular complexity index is 492. The van der Waals surface area contributed by atoms with Crippen molar-refractivity contribution < 1.29 is 18.7 Å². The van der Waals surface area contributed by atoms with Crippen molar-refractivity contribution >= 4 is 6.03 Å². The van der Waals surface area contributed by atoms with Gasteiger partial charge in [-0.15, -0.1) is 0 Å².